The zero-order valence-electron chi connectivity index (χ0n) is 8.80. The zero-order chi connectivity index (χ0) is 11.0. The van der Waals surface area contributed by atoms with Crippen molar-refractivity contribution in [1.82, 2.24) is 10.6 Å². The van der Waals surface area contributed by atoms with Crippen LogP contribution >= 0.6 is 0 Å². The van der Waals surface area contributed by atoms with E-state index in [4.69, 9.17) is 5.73 Å². The Morgan fingerprint density at radius 1 is 1.29 bits per heavy atom. The minimum atomic E-state index is -0.166. The van der Waals surface area contributed by atoms with E-state index in [9.17, 15) is 9.59 Å². The third-order valence-electron chi connectivity index (χ3n) is 1.50. The standard InChI is InChI=1S/C9H19N3O2/c1-7(2)12-9(14)6-11-8(13)4-3-5-10/h7H,3-6,10H2,1-2H3,(H,11,13)(H,12,14). The molecule has 0 radical (unpaired) electrons. The third kappa shape index (κ3) is 7.54. The van der Waals surface area contributed by atoms with Crippen molar-refractivity contribution in [3.63, 3.8) is 0 Å². The smallest absolute Gasteiger partial charge is 0.239 e. The van der Waals surface area contributed by atoms with E-state index in [-0.39, 0.29) is 24.4 Å². The molecule has 4 N–H and O–H groups in total. The molecule has 0 aromatic carbocycles. The van der Waals surface area contributed by atoms with Crippen molar-refractivity contribution < 1.29 is 9.59 Å². The first-order chi connectivity index (χ1) is 6.56. The predicted octanol–water partition coefficient (Wildman–Crippen LogP) is -0.634. The topological polar surface area (TPSA) is 84.2 Å². The van der Waals surface area contributed by atoms with E-state index in [1.165, 1.54) is 0 Å². The molecule has 0 saturated carbocycles. The lowest BCUT2D eigenvalue weighted by Crippen LogP contribution is -2.39. The van der Waals surface area contributed by atoms with Gasteiger partial charge in [0.2, 0.25) is 11.8 Å². The van der Waals surface area contributed by atoms with Gasteiger partial charge in [-0.2, -0.15) is 0 Å². The molecule has 2 amide bonds. The van der Waals surface area contributed by atoms with Crippen molar-refractivity contribution in [2.24, 2.45) is 5.73 Å². The average molecular weight is 201 g/mol. The molecule has 0 heterocycles. The number of nitrogens with two attached hydrogens (primary N) is 1. The highest BCUT2D eigenvalue weighted by molar-refractivity contribution is 5.84. The highest BCUT2D eigenvalue weighted by Crippen LogP contribution is 1.84. The zero-order valence-corrected chi connectivity index (χ0v) is 8.80. The summed E-state index contributed by atoms with van der Waals surface area (Å²) in [6.07, 6.45) is 1.03. The Morgan fingerprint density at radius 2 is 1.93 bits per heavy atom. The molecule has 0 aromatic heterocycles. The second-order valence-corrected chi connectivity index (χ2v) is 3.39. The van der Waals surface area contributed by atoms with E-state index in [0.29, 0.717) is 19.4 Å². The Hall–Kier alpha value is -1.10. The molecule has 82 valence electrons. The van der Waals surface area contributed by atoms with Crippen molar-refractivity contribution in [1.29, 1.82) is 0 Å². The van der Waals surface area contributed by atoms with E-state index in [2.05, 4.69) is 10.6 Å². The average Bonchev–Trinajstić information content (AvgIpc) is 2.10. The Kier molecular flexibility index (Phi) is 6.74. The molecule has 0 unspecified atom stereocenters. The maximum Gasteiger partial charge on any atom is 0.239 e. The first kappa shape index (κ1) is 12.9. The molecule has 0 fully saturated rings. The molecule has 14 heavy (non-hydrogen) atoms. The summed E-state index contributed by atoms with van der Waals surface area (Å²) in [4.78, 5) is 22.1. The monoisotopic (exact) mass is 201 g/mol. The first-order valence-corrected chi connectivity index (χ1v) is 4.82. The molecule has 0 saturated heterocycles. The van der Waals surface area contributed by atoms with Crippen LogP contribution in [0.4, 0.5) is 0 Å². The quantitative estimate of drug-likeness (QED) is 0.535. The van der Waals surface area contributed by atoms with Gasteiger partial charge in [-0.1, -0.05) is 0 Å². The molecular weight excluding hydrogens is 182 g/mol. The van der Waals surface area contributed by atoms with Gasteiger partial charge in [0.1, 0.15) is 0 Å². The Bertz CT molecular complexity index is 192. The van der Waals surface area contributed by atoms with Gasteiger partial charge in [0, 0.05) is 12.5 Å². The Morgan fingerprint density at radius 3 is 2.43 bits per heavy atom. The van der Waals surface area contributed by atoms with E-state index >= 15 is 0 Å². The maximum absolute atomic E-state index is 11.1. The molecule has 0 bridgehead atoms. The number of hydrogen-bond acceptors (Lipinski definition) is 3. The van der Waals surface area contributed by atoms with Crippen molar-refractivity contribution >= 4 is 11.8 Å². The first-order valence-electron chi connectivity index (χ1n) is 4.82. The third-order valence-corrected chi connectivity index (χ3v) is 1.50. The van der Waals surface area contributed by atoms with Gasteiger partial charge < -0.3 is 16.4 Å². The summed E-state index contributed by atoms with van der Waals surface area (Å²) in [5, 5.41) is 5.19. The van der Waals surface area contributed by atoms with Crippen LogP contribution in [0, 0.1) is 0 Å². The summed E-state index contributed by atoms with van der Waals surface area (Å²) in [6, 6.07) is 0.100. The number of nitrogens with one attached hydrogen (secondary N) is 2. The number of amides is 2. The minimum absolute atomic E-state index is 0.0432. The fraction of sp³-hybridized carbons (Fsp3) is 0.778. The largest absolute Gasteiger partial charge is 0.352 e. The molecule has 0 aromatic rings. The highest BCUT2D eigenvalue weighted by atomic mass is 16.2. The van der Waals surface area contributed by atoms with Gasteiger partial charge in [-0.25, -0.2) is 0 Å². The summed E-state index contributed by atoms with van der Waals surface area (Å²) < 4.78 is 0. The van der Waals surface area contributed by atoms with Crippen LogP contribution in [0.2, 0.25) is 0 Å². The molecule has 5 heteroatoms. The van der Waals surface area contributed by atoms with E-state index in [1.54, 1.807) is 0 Å². The van der Waals surface area contributed by atoms with Gasteiger partial charge in [0.05, 0.1) is 6.54 Å². The van der Waals surface area contributed by atoms with Crippen LogP contribution in [0.15, 0.2) is 0 Å². The number of hydrogen-bond donors (Lipinski definition) is 3. The molecule has 0 aliphatic rings. The van der Waals surface area contributed by atoms with Gasteiger partial charge >= 0.3 is 0 Å². The second kappa shape index (κ2) is 7.32. The van der Waals surface area contributed by atoms with E-state index in [1.807, 2.05) is 13.8 Å². The van der Waals surface area contributed by atoms with Crippen LogP contribution in [0.25, 0.3) is 0 Å². The van der Waals surface area contributed by atoms with Gasteiger partial charge in [0.25, 0.3) is 0 Å². The summed E-state index contributed by atoms with van der Waals surface area (Å²) in [5.74, 6) is -0.296. The number of carbonyl (C=O) groups excluding carboxylic acids is 2. The molecule has 0 rings (SSSR count). The van der Waals surface area contributed by atoms with E-state index in [0.717, 1.165) is 0 Å². The van der Waals surface area contributed by atoms with Gasteiger partial charge in [0.15, 0.2) is 0 Å². The molecule has 5 nitrogen and oxygen atoms in total. The fourth-order valence-corrected chi connectivity index (χ4v) is 0.903. The van der Waals surface area contributed by atoms with E-state index < -0.39 is 0 Å². The summed E-state index contributed by atoms with van der Waals surface area (Å²) in [6.45, 7) is 4.27. The fourth-order valence-electron chi connectivity index (χ4n) is 0.903. The van der Waals surface area contributed by atoms with Crippen LogP contribution in [0.1, 0.15) is 26.7 Å². The SMILES string of the molecule is CC(C)NC(=O)CNC(=O)CCCN. The molecule has 0 atom stereocenters. The Labute approximate surface area is 84.4 Å². The number of carbonyl (C=O) groups is 2. The highest BCUT2D eigenvalue weighted by Gasteiger charge is 2.05. The lowest BCUT2D eigenvalue weighted by Gasteiger charge is -2.08. The van der Waals surface area contributed by atoms with Crippen LogP contribution in [0.5, 0.6) is 0 Å². The van der Waals surface area contributed by atoms with Gasteiger partial charge in [-0.15, -0.1) is 0 Å². The molecule has 0 aliphatic heterocycles. The normalized spacial score (nSPS) is 10.0. The second-order valence-electron chi connectivity index (χ2n) is 3.39. The van der Waals surface area contributed by atoms with Crippen molar-refractivity contribution in [3.05, 3.63) is 0 Å². The van der Waals surface area contributed by atoms with Crippen molar-refractivity contribution in [2.45, 2.75) is 32.7 Å². The maximum atomic E-state index is 11.1. The molecule has 0 spiro atoms. The van der Waals surface area contributed by atoms with Crippen LogP contribution in [0.3, 0.4) is 0 Å². The number of rotatable bonds is 6. The lowest BCUT2D eigenvalue weighted by atomic mass is 10.3. The minimum Gasteiger partial charge on any atom is -0.352 e. The summed E-state index contributed by atoms with van der Waals surface area (Å²) in [5.41, 5.74) is 5.24. The predicted molar refractivity (Wildman–Crippen MR) is 54.6 cm³/mol. The molecular formula is C9H19N3O2. The summed E-state index contributed by atoms with van der Waals surface area (Å²) >= 11 is 0. The van der Waals surface area contributed by atoms with Gasteiger partial charge in [-0.3, -0.25) is 9.59 Å². The van der Waals surface area contributed by atoms with Crippen LogP contribution < -0.4 is 16.4 Å². The van der Waals surface area contributed by atoms with Crippen molar-refractivity contribution in [2.75, 3.05) is 13.1 Å². The van der Waals surface area contributed by atoms with Gasteiger partial charge in [-0.05, 0) is 26.8 Å². The van der Waals surface area contributed by atoms with Crippen LogP contribution in [-0.4, -0.2) is 30.9 Å². The Balaban J connectivity index is 3.51. The lowest BCUT2D eigenvalue weighted by molar-refractivity contribution is -0.126. The van der Waals surface area contributed by atoms with Crippen molar-refractivity contribution in [3.8, 4) is 0 Å². The van der Waals surface area contributed by atoms with Crippen LogP contribution in [-0.2, 0) is 9.59 Å². The summed E-state index contributed by atoms with van der Waals surface area (Å²) in [7, 11) is 0. The molecule has 0 aliphatic carbocycles.